The molecule has 1 nitrogen and oxygen atoms in total. The highest BCUT2D eigenvalue weighted by Crippen LogP contribution is 2.52. The van der Waals surface area contributed by atoms with Gasteiger partial charge in [-0.05, 0) is 102 Å². The topological polar surface area (TPSA) is 13.1 Å². The van der Waals surface area contributed by atoms with Gasteiger partial charge in [-0.1, -0.05) is 141 Å². The molecule has 53 heavy (non-hydrogen) atoms. The molecule has 0 saturated carbocycles. The van der Waals surface area contributed by atoms with Crippen molar-refractivity contribution in [1.82, 2.24) is 0 Å². The summed E-state index contributed by atoms with van der Waals surface area (Å²) >= 11 is 1.88. The van der Waals surface area contributed by atoms with Crippen LogP contribution in [0.2, 0.25) is 0 Å². The summed E-state index contributed by atoms with van der Waals surface area (Å²) in [5.74, 6) is 0. The van der Waals surface area contributed by atoms with Gasteiger partial charge >= 0.3 is 0 Å². The molecule has 0 fully saturated rings. The Morgan fingerprint density at radius 3 is 1.79 bits per heavy atom. The number of benzene rings is 9. The van der Waals surface area contributed by atoms with E-state index >= 15 is 0 Å². The van der Waals surface area contributed by atoms with Crippen LogP contribution in [-0.2, 0) is 5.41 Å². The Balaban J connectivity index is 1.09. The first kappa shape index (κ1) is 29.4. The van der Waals surface area contributed by atoms with Crippen molar-refractivity contribution in [2.24, 2.45) is 0 Å². The molecular weight excluding hydrogens is 661 g/mol. The molecule has 0 aliphatic heterocycles. The van der Waals surface area contributed by atoms with Crippen LogP contribution in [0.4, 0.5) is 0 Å². The minimum Gasteiger partial charge on any atom is -0.455 e. The van der Waals surface area contributed by atoms with Crippen LogP contribution in [0.5, 0.6) is 0 Å². The van der Waals surface area contributed by atoms with Crippen LogP contribution < -0.4 is 0 Å². The quantitative estimate of drug-likeness (QED) is 0.164. The third kappa shape index (κ3) is 3.91. The van der Waals surface area contributed by atoms with Crippen molar-refractivity contribution in [3.8, 4) is 33.4 Å². The van der Waals surface area contributed by atoms with Crippen molar-refractivity contribution < 1.29 is 4.42 Å². The fourth-order valence-corrected chi connectivity index (χ4v) is 10.8. The second-order valence-corrected chi connectivity index (χ2v) is 16.2. The molecule has 0 N–H and O–H groups in total. The van der Waals surface area contributed by atoms with Gasteiger partial charge in [0.1, 0.15) is 11.2 Å². The Morgan fingerprint density at radius 1 is 0.434 bits per heavy atom. The van der Waals surface area contributed by atoms with Crippen LogP contribution in [0, 0.1) is 0 Å². The summed E-state index contributed by atoms with van der Waals surface area (Å²) in [4.78, 5) is 0. The van der Waals surface area contributed by atoms with Crippen molar-refractivity contribution in [2.75, 3.05) is 0 Å². The molecule has 0 radical (unpaired) electrons. The molecule has 1 aliphatic rings. The highest BCUT2D eigenvalue weighted by atomic mass is 32.1. The Kier molecular flexibility index (Phi) is 5.78. The highest BCUT2D eigenvalue weighted by molar-refractivity contribution is 7.26. The van der Waals surface area contributed by atoms with Crippen molar-refractivity contribution >= 4 is 85.8 Å². The van der Waals surface area contributed by atoms with Gasteiger partial charge in [-0.15, -0.1) is 11.3 Å². The minimum absolute atomic E-state index is 0.0603. The lowest BCUT2D eigenvalue weighted by atomic mass is 9.80. The van der Waals surface area contributed by atoms with Crippen LogP contribution in [0.15, 0.2) is 162 Å². The fourth-order valence-electron chi connectivity index (χ4n) is 9.63. The third-order valence-corrected chi connectivity index (χ3v) is 13.2. The van der Waals surface area contributed by atoms with Crippen molar-refractivity contribution in [2.45, 2.75) is 19.3 Å². The van der Waals surface area contributed by atoms with Gasteiger partial charge < -0.3 is 4.42 Å². The molecular formula is C51H32OS. The van der Waals surface area contributed by atoms with Crippen LogP contribution in [0.3, 0.4) is 0 Å². The predicted octanol–water partition coefficient (Wildman–Crippen LogP) is 15.1. The Bertz CT molecular complexity index is 3320. The van der Waals surface area contributed by atoms with E-state index in [1.807, 2.05) is 11.3 Å². The molecule has 9 aromatic carbocycles. The summed E-state index contributed by atoms with van der Waals surface area (Å²) in [6.07, 6.45) is 0. The Hall–Kier alpha value is -6.22. The van der Waals surface area contributed by atoms with E-state index < -0.39 is 0 Å². The highest BCUT2D eigenvalue weighted by Gasteiger charge is 2.35. The van der Waals surface area contributed by atoms with Crippen LogP contribution in [0.25, 0.3) is 108 Å². The van der Waals surface area contributed by atoms with Gasteiger partial charge in [-0.3, -0.25) is 0 Å². The molecule has 2 heteroatoms. The molecule has 2 aromatic heterocycles. The zero-order chi connectivity index (χ0) is 35.0. The molecule has 1 aliphatic carbocycles. The van der Waals surface area contributed by atoms with Crippen molar-refractivity contribution in [1.29, 1.82) is 0 Å². The van der Waals surface area contributed by atoms with Gasteiger partial charge in [-0.25, -0.2) is 0 Å². The number of fused-ring (bicyclic) bond motifs is 14. The summed E-state index contributed by atoms with van der Waals surface area (Å²) in [5, 5.41) is 12.4. The molecule has 0 spiro atoms. The van der Waals surface area contributed by atoms with Crippen molar-refractivity contribution in [3.05, 3.63) is 169 Å². The average Bonchev–Trinajstić information content (AvgIpc) is 3.84. The first-order valence-corrected chi connectivity index (χ1v) is 19.2. The molecule has 2 heterocycles. The van der Waals surface area contributed by atoms with E-state index in [0.29, 0.717) is 0 Å². The van der Waals surface area contributed by atoms with Crippen LogP contribution in [0.1, 0.15) is 25.0 Å². The maximum absolute atomic E-state index is 6.59. The molecule has 0 amide bonds. The molecule has 248 valence electrons. The summed E-state index contributed by atoms with van der Waals surface area (Å²) in [7, 11) is 0. The molecule has 0 unspecified atom stereocenters. The lowest BCUT2D eigenvalue weighted by Gasteiger charge is -2.23. The number of hydrogen-bond donors (Lipinski definition) is 0. The molecule has 0 atom stereocenters. The van der Waals surface area contributed by atoms with E-state index in [1.54, 1.807) is 0 Å². The van der Waals surface area contributed by atoms with Gasteiger partial charge in [-0.2, -0.15) is 0 Å². The van der Waals surface area contributed by atoms with Gasteiger partial charge in [0.05, 0.1) is 0 Å². The first-order chi connectivity index (χ1) is 26.0. The number of thiophene rings is 1. The van der Waals surface area contributed by atoms with E-state index in [2.05, 4.69) is 172 Å². The normalized spacial score (nSPS) is 13.6. The lowest BCUT2D eigenvalue weighted by molar-refractivity contribution is 0.660. The standard InChI is InChI=1S/C51H32OS/c1-51(2)41-18-10-9-13-33(41)34-22-20-30(27-42(34)51)46-35-14-5-7-16-37(35)47(38-17-8-6-15-36(38)46)31-21-23-39-45(28-31)53-44-26-25-43-48(49(39)44)40-24-19-29-11-3-4-12-32(29)50(40)52-43/h3-28H,1-2H3. The van der Waals surface area contributed by atoms with Gasteiger partial charge in [0.2, 0.25) is 0 Å². The number of furan rings is 1. The van der Waals surface area contributed by atoms with Gasteiger partial charge in [0, 0.05) is 41.7 Å². The van der Waals surface area contributed by atoms with E-state index in [4.69, 9.17) is 4.42 Å². The molecule has 0 saturated heterocycles. The number of hydrogen-bond acceptors (Lipinski definition) is 2. The smallest absolute Gasteiger partial charge is 0.143 e. The minimum atomic E-state index is -0.0603. The largest absolute Gasteiger partial charge is 0.455 e. The lowest BCUT2D eigenvalue weighted by Crippen LogP contribution is -2.14. The van der Waals surface area contributed by atoms with E-state index in [-0.39, 0.29) is 5.41 Å². The molecule has 11 aromatic rings. The molecule has 12 rings (SSSR count). The van der Waals surface area contributed by atoms with Crippen LogP contribution >= 0.6 is 11.3 Å². The van der Waals surface area contributed by atoms with E-state index in [9.17, 15) is 0 Å². The predicted molar refractivity (Wildman–Crippen MR) is 228 cm³/mol. The average molecular weight is 693 g/mol. The monoisotopic (exact) mass is 692 g/mol. The summed E-state index contributed by atoms with van der Waals surface area (Å²) in [5.41, 5.74) is 12.5. The fraction of sp³-hybridized carbons (Fsp3) is 0.0588. The Morgan fingerprint density at radius 2 is 1.04 bits per heavy atom. The number of rotatable bonds is 2. The van der Waals surface area contributed by atoms with Crippen molar-refractivity contribution in [3.63, 3.8) is 0 Å². The van der Waals surface area contributed by atoms with E-state index in [0.717, 1.165) is 16.6 Å². The maximum Gasteiger partial charge on any atom is 0.143 e. The SMILES string of the molecule is CC1(C)c2ccccc2-c2ccc(-c3c4ccccc4c(-c4ccc5c(c4)sc4ccc6oc7c8ccccc8ccc7c6c45)c4ccccc34)cc21. The summed E-state index contributed by atoms with van der Waals surface area (Å²) in [6, 6.07) is 58.6. The van der Waals surface area contributed by atoms with Gasteiger partial charge in [0.15, 0.2) is 0 Å². The first-order valence-electron chi connectivity index (χ1n) is 18.4. The second kappa shape index (κ2) is 10.4. The summed E-state index contributed by atoms with van der Waals surface area (Å²) in [6.45, 7) is 4.74. The van der Waals surface area contributed by atoms with Gasteiger partial charge in [0.25, 0.3) is 0 Å². The summed E-state index contributed by atoms with van der Waals surface area (Å²) < 4.78 is 9.16. The maximum atomic E-state index is 6.59. The second-order valence-electron chi connectivity index (χ2n) is 15.2. The third-order valence-electron chi connectivity index (χ3n) is 12.1. The zero-order valence-electron chi connectivity index (χ0n) is 29.3. The van der Waals surface area contributed by atoms with E-state index in [1.165, 1.54) is 102 Å². The Labute approximate surface area is 310 Å². The molecule has 0 bridgehead atoms. The zero-order valence-corrected chi connectivity index (χ0v) is 30.1. The van der Waals surface area contributed by atoms with Crippen LogP contribution in [-0.4, -0.2) is 0 Å².